The highest BCUT2D eigenvalue weighted by Crippen LogP contribution is 2.19. The minimum absolute atomic E-state index is 0. The lowest BCUT2D eigenvalue weighted by Gasteiger charge is -2.20. The molecule has 0 bridgehead atoms. The number of hydrogen-bond acceptors (Lipinski definition) is 3. The van der Waals surface area contributed by atoms with E-state index in [1.54, 1.807) is 7.05 Å². The van der Waals surface area contributed by atoms with Gasteiger partial charge in [-0.25, -0.2) is 0 Å². The summed E-state index contributed by atoms with van der Waals surface area (Å²) in [5.41, 5.74) is 2.19. The monoisotopic (exact) mass is 514 g/mol. The molecule has 0 aromatic heterocycles. The number of hydrogen-bond donors (Lipinski definition) is 2. The summed E-state index contributed by atoms with van der Waals surface area (Å²) in [5.74, 6) is 0.595. The zero-order valence-electron chi connectivity index (χ0n) is 16.6. The molecule has 2 rings (SSSR count). The minimum atomic E-state index is -4.15. The molecule has 1 atom stereocenters. The second-order valence-corrected chi connectivity index (χ2v) is 7.09. The van der Waals surface area contributed by atoms with Gasteiger partial charge in [-0.3, -0.25) is 9.89 Å². The third-order valence-electron chi connectivity index (χ3n) is 4.27. The van der Waals surface area contributed by atoms with Crippen LogP contribution in [-0.2, 0) is 17.9 Å². The molecule has 2 N–H and O–H groups in total. The lowest BCUT2D eigenvalue weighted by atomic mass is 10.1. The van der Waals surface area contributed by atoms with Crippen LogP contribution in [0.2, 0.25) is 0 Å². The van der Waals surface area contributed by atoms with Crippen LogP contribution in [0.1, 0.15) is 31.4 Å². The van der Waals surface area contributed by atoms with Crippen LogP contribution in [0.3, 0.4) is 0 Å². The molecule has 0 radical (unpaired) electrons. The second-order valence-electron chi connectivity index (χ2n) is 7.09. The van der Waals surface area contributed by atoms with Crippen molar-refractivity contribution in [2.45, 2.75) is 51.7 Å². The smallest absolute Gasteiger partial charge is 0.374 e. The molecule has 1 unspecified atom stereocenters. The molecule has 1 aliphatic heterocycles. The Labute approximate surface area is 182 Å². The minimum Gasteiger partial charge on any atom is -0.374 e. The molecule has 28 heavy (non-hydrogen) atoms. The normalized spacial score (nSPS) is 18.2. The summed E-state index contributed by atoms with van der Waals surface area (Å²) < 4.78 is 43.1. The van der Waals surface area contributed by atoms with Crippen LogP contribution in [0.15, 0.2) is 29.3 Å². The van der Waals surface area contributed by atoms with Crippen LogP contribution >= 0.6 is 24.0 Å². The van der Waals surface area contributed by atoms with Gasteiger partial charge in [0.25, 0.3) is 0 Å². The molecule has 0 spiro atoms. The van der Waals surface area contributed by atoms with E-state index in [1.165, 1.54) is 4.90 Å². The van der Waals surface area contributed by atoms with Crippen molar-refractivity contribution in [2.75, 3.05) is 26.7 Å². The molecule has 0 amide bonds. The van der Waals surface area contributed by atoms with Crippen LogP contribution in [-0.4, -0.2) is 55.9 Å². The van der Waals surface area contributed by atoms with Gasteiger partial charge in [-0.05, 0) is 31.4 Å². The van der Waals surface area contributed by atoms with Crippen LogP contribution in [0.25, 0.3) is 0 Å². The third kappa shape index (κ3) is 9.42. The number of guanidine groups is 1. The van der Waals surface area contributed by atoms with Crippen molar-refractivity contribution in [3.63, 3.8) is 0 Å². The zero-order valence-corrected chi connectivity index (χ0v) is 18.9. The molecule has 1 saturated heterocycles. The highest BCUT2D eigenvalue weighted by atomic mass is 127. The number of alkyl halides is 3. The molecule has 1 aromatic rings. The SMILES string of the molecule is CN=C(NCc1cccc(COC(C)C)c1)NC1CCN(CC(F)(F)F)C1.I. The summed E-state index contributed by atoms with van der Waals surface area (Å²) in [5, 5.41) is 6.44. The Kier molecular flexibility index (Phi) is 10.5. The summed E-state index contributed by atoms with van der Waals surface area (Å²) in [6.45, 7) is 5.08. The van der Waals surface area contributed by atoms with Crippen LogP contribution in [0.4, 0.5) is 13.2 Å². The largest absolute Gasteiger partial charge is 0.401 e. The summed E-state index contributed by atoms with van der Waals surface area (Å²) >= 11 is 0. The first-order valence-corrected chi connectivity index (χ1v) is 9.21. The molecule has 0 aliphatic carbocycles. The van der Waals surface area contributed by atoms with E-state index in [2.05, 4.69) is 21.7 Å². The number of aliphatic imine (C=N–C) groups is 1. The van der Waals surface area contributed by atoms with Gasteiger partial charge in [-0.2, -0.15) is 13.2 Å². The second kappa shape index (κ2) is 11.8. The number of nitrogens with zero attached hydrogens (tertiary/aromatic N) is 2. The van der Waals surface area contributed by atoms with Gasteiger partial charge in [-0.1, -0.05) is 24.3 Å². The van der Waals surface area contributed by atoms with Crippen molar-refractivity contribution in [3.05, 3.63) is 35.4 Å². The summed E-state index contributed by atoms with van der Waals surface area (Å²) in [7, 11) is 1.66. The van der Waals surface area contributed by atoms with Crippen molar-refractivity contribution in [2.24, 2.45) is 4.99 Å². The van der Waals surface area contributed by atoms with E-state index >= 15 is 0 Å². The summed E-state index contributed by atoms with van der Waals surface area (Å²) in [6.07, 6.45) is -3.31. The van der Waals surface area contributed by atoms with E-state index in [9.17, 15) is 13.2 Å². The van der Waals surface area contributed by atoms with E-state index in [-0.39, 0.29) is 36.1 Å². The molecule has 1 aliphatic rings. The molecule has 1 fully saturated rings. The maximum absolute atomic E-state index is 12.5. The van der Waals surface area contributed by atoms with Crippen molar-refractivity contribution < 1.29 is 17.9 Å². The molecule has 9 heteroatoms. The average molecular weight is 514 g/mol. The molecule has 160 valence electrons. The summed E-state index contributed by atoms with van der Waals surface area (Å²) in [6, 6.07) is 8.05. The standard InChI is InChI=1S/C19H29F3N4O.HI/c1-14(2)27-12-16-6-4-5-15(9-16)10-24-18(23-3)25-17-7-8-26(11-17)13-19(20,21)22;/h4-6,9,14,17H,7-8,10-13H2,1-3H3,(H2,23,24,25);1H. The predicted molar refractivity (Wildman–Crippen MR) is 116 cm³/mol. The molecule has 1 aromatic carbocycles. The Hall–Kier alpha value is -1.07. The van der Waals surface area contributed by atoms with Crippen molar-refractivity contribution in [1.82, 2.24) is 15.5 Å². The maximum Gasteiger partial charge on any atom is 0.401 e. The van der Waals surface area contributed by atoms with Gasteiger partial charge in [0.15, 0.2) is 5.96 Å². The van der Waals surface area contributed by atoms with E-state index in [1.807, 2.05) is 32.0 Å². The fourth-order valence-corrected chi connectivity index (χ4v) is 3.01. The number of nitrogens with one attached hydrogen (secondary N) is 2. The van der Waals surface area contributed by atoms with Gasteiger partial charge in [0.1, 0.15) is 0 Å². The first kappa shape index (κ1) is 25.0. The highest BCUT2D eigenvalue weighted by Gasteiger charge is 2.34. The molecule has 5 nitrogen and oxygen atoms in total. The Morgan fingerprint density at radius 1 is 1.32 bits per heavy atom. The van der Waals surface area contributed by atoms with Crippen molar-refractivity contribution in [1.29, 1.82) is 0 Å². The van der Waals surface area contributed by atoms with Crippen molar-refractivity contribution >= 4 is 29.9 Å². The predicted octanol–water partition coefficient (Wildman–Crippen LogP) is 3.53. The quantitative estimate of drug-likeness (QED) is 0.332. The summed E-state index contributed by atoms with van der Waals surface area (Å²) in [4.78, 5) is 5.60. The van der Waals surface area contributed by atoms with E-state index in [0.717, 1.165) is 11.1 Å². The van der Waals surface area contributed by atoms with Crippen LogP contribution in [0.5, 0.6) is 0 Å². The topological polar surface area (TPSA) is 48.9 Å². The first-order chi connectivity index (χ1) is 12.7. The molecule has 1 heterocycles. The Bertz CT molecular complexity index is 625. The Balaban J connectivity index is 0.00000392. The third-order valence-corrected chi connectivity index (χ3v) is 4.27. The Morgan fingerprint density at radius 2 is 2.04 bits per heavy atom. The van der Waals surface area contributed by atoms with Crippen molar-refractivity contribution in [3.8, 4) is 0 Å². The lowest BCUT2D eigenvalue weighted by Crippen LogP contribution is -2.44. The van der Waals surface area contributed by atoms with Gasteiger partial charge < -0.3 is 15.4 Å². The van der Waals surface area contributed by atoms with Gasteiger partial charge in [-0.15, -0.1) is 24.0 Å². The molecular weight excluding hydrogens is 484 g/mol. The Morgan fingerprint density at radius 3 is 2.68 bits per heavy atom. The van der Waals surface area contributed by atoms with Gasteiger partial charge in [0.05, 0.1) is 19.3 Å². The lowest BCUT2D eigenvalue weighted by molar-refractivity contribution is -0.143. The van der Waals surface area contributed by atoms with E-state index in [4.69, 9.17) is 4.74 Å². The molecule has 0 saturated carbocycles. The highest BCUT2D eigenvalue weighted by molar-refractivity contribution is 14.0. The maximum atomic E-state index is 12.5. The van der Waals surface area contributed by atoms with Gasteiger partial charge in [0.2, 0.25) is 0 Å². The first-order valence-electron chi connectivity index (χ1n) is 9.21. The number of likely N-dealkylation sites (tertiary alicyclic amines) is 1. The van der Waals surface area contributed by atoms with Crippen LogP contribution in [0, 0.1) is 0 Å². The fraction of sp³-hybridized carbons (Fsp3) is 0.632. The number of rotatable bonds is 7. The van der Waals surface area contributed by atoms with Gasteiger partial charge in [0, 0.05) is 32.7 Å². The zero-order chi connectivity index (χ0) is 19.9. The van der Waals surface area contributed by atoms with Gasteiger partial charge >= 0.3 is 6.18 Å². The average Bonchev–Trinajstić information content (AvgIpc) is 3.02. The van der Waals surface area contributed by atoms with E-state index in [0.29, 0.717) is 38.6 Å². The number of benzene rings is 1. The fourth-order valence-electron chi connectivity index (χ4n) is 3.01. The van der Waals surface area contributed by atoms with Crippen LogP contribution < -0.4 is 10.6 Å². The number of ether oxygens (including phenoxy) is 1. The van der Waals surface area contributed by atoms with E-state index < -0.39 is 12.7 Å². The number of halogens is 4. The molecular formula is C19H30F3IN4O.